The first-order valence-corrected chi connectivity index (χ1v) is 7.34. The van der Waals surface area contributed by atoms with Gasteiger partial charge >= 0.3 is 5.97 Å². The van der Waals surface area contributed by atoms with Gasteiger partial charge in [0, 0.05) is 12.5 Å². The van der Waals surface area contributed by atoms with Crippen LogP contribution in [0.1, 0.15) is 28.8 Å². The zero-order chi connectivity index (χ0) is 14.7. The van der Waals surface area contributed by atoms with Crippen molar-refractivity contribution < 1.29 is 14.4 Å². The molecule has 0 atom stereocenters. The number of hydrogen-bond donors (Lipinski definition) is 0. The molecule has 0 spiro atoms. The van der Waals surface area contributed by atoms with E-state index in [0.29, 0.717) is 18.1 Å². The van der Waals surface area contributed by atoms with Crippen molar-refractivity contribution in [2.24, 2.45) is 11.1 Å². The van der Waals surface area contributed by atoms with Crippen molar-refractivity contribution in [1.82, 2.24) is 4.90 Å². The number of methoxy groups -OCH3 is 1. The summed E-state index contributed by atoms with van der Waals surface area (Å²) in [5.74, 6) is 0.284. The van der Waals surface area contributed by atoms with Crippen LogP contribution in [0.2, 0.25) is 0 Å². The molecule has 0 aromatic heterocycles. The van der Waals surface area contributed by atoms with Crippen molar-refractivity contribution in [1.29, 1.82) is 0 Å². The first-order valence-electron chi connectivity index (χ1n) is 7.34. The first-order chi connectivity index (χ1) is 10.3. The Morgan fingerprint density at radius 3 is 2.57 bits per heavy atom. The lowest BCUT2D eigenvalue weighted by Gasteiger charge is -2.39. The summed E-state index contributed by atoms with van der Waals surface area (Å²) < 4.78 is 4.67. The van der Waals surface area contributed by atoms with E-state index in [9.17, 15) is 4.79 Å². The third-order valence-electron chi connectivity index (χ3n) is 4.23. The number of carbonyl (C=O) groups is 1. The van der Waals surface area contributed by atoms with Gasteiger partial charge in [0.15, 0.2) is 0 Å². The van der Waals surface area contributed by atoms with E-state index in [1.165, 1.54) is 38.8 Å². The number of piperidine rings is 3. The van der Waals surface area contributed by atoms with Crippen LogP contribution in [0.3, 0.4) is 0 Å². The molecule has 4 rings (SSSR count). The summed E-state index contributed by atoms with van der Waals surface area (Å²) in [4.78, 5) is 19.2. The van der Waals surface area contributed by atoms with E-state index in [1.54, 1.807) is 12.1 Å². The summed E-state index contributed by atoms with van der Waals surface area (Å²) in [6, 6.07) is 7.21. The molecule has 3 fully saturated rings. The van der Waals surface area contributed by atoms with E-state index in [4.69, 9.17) is 4.84 Å². The molecule has 5 heteroatoms. The second-order valence-corrected chi connectivity index (χ2v) is 5.59. The second kappa shape index (κ2) is 6.26. The van der Waals surface area contributed by atoms with E-state index >= 15 is 0 Å². The van der Waals surface area contributed by atoms with Crippen LogP contribution in [0.4, 0.5) is 0 Å². The monoisotopic (exact) mass is 288 g/mol. The third-order valence-corrected chi connectivity index (χ3v) is 4.23. The van der Waals surface area contributed by atoms with Gasteiger partial charge in [0.05, 0.1) is 18.4 Å². The fourth-order valence-electron chi connectivity index (χ4n) is 2.93. The van der Waals surface area contributed by atoms with Gasteiger partial charge in [0.2, 0.25) is 0 Å². The zero-order valence-electron chi connectivity index (χ0n) is 12.2. The third kappa shape index (κ3) is 3.24. The van der Waals surface area contributed by atoms with Crippen LogP contribution >= 0.6 is 0 Å². The molecule has 2 bridgehead atoms. The first kappa shape index (κ1) is 14.1. The van der Waals surface area contributed by atoms with Gasteiger partial charge in [-0.2, -0.15) is 0 Å². The maximum Gasteiger partial charge on any atom is 0.337 e. The quantitative estimate of drug-likeness (QED) is 0.628. The van der Waals surface area contributed by atoms with Crippen LogP contribution < -0.4 is 0 Å². The Balaban J connectivity index is 1.54. The summed E-state index contributed by atoms with van der Waals surface area (Å²) in [5, 5.41) is 4.32. The summed E-state index contributed by atoms with van der Waals surface area (Å²) >= 11 is 0. The number of rotatable bonds is 4. The van der Waals surface area contributed by atoms with Gasteiger partial charge in [-0.05, 0) is 43.6 Å². The van der Waals surface area contributed by atoms with Gasteiger partial charge in [-0.25, -0.2) is 4.79 Å². The molecule has 0 aliphatic carbocycles. The van der Waals surface area contributed by atoms with Crippen LogP contribution in [-0.4, -0.2) is 43.3 Å². The van der Waals surface area contributed by atoms with E-state index < -0.39 is 0 Å². The van der Waals surface area contributed by atoms with Crippen LogP contribution in [0, 0.1) is 5.92 Å². The average molecular weight is 288 g/mol. The minimum atomic E-state index is -0.324. The highest BCUT2D eigenvalue weighted by Gasteiger charge is 2.31. The molecule has 5 nitrogen and oxygen atoms in total. The largest absolute Gasteiger partial charge is 0.465 e. The number of oxime groups is 1. The molecule has 21 heavy (non-hydrogen) atoms. The number of esters is 1. The number of carbonyl (C=O) groups excluding carboxylic acids is 1. The molecule has 1 aromatic carbocycles. The molecule has 3 saturated heterocycles. The SMILES string of the molecule is COC(=O)c1ccc(CO/N=C2/CN3CCC2CC3)cc1. The number of fused-ring (bicyclic) bond motifs is 3. The Morgan fingerprint density at radius 2 is 2.00 bits per heavy atom. The highest BCUT2D eigenvalue weighted by atomic mass is 16.6. The molecule has 112 valence electrons. The standard InChI is InChI=1S/C16H20N2O3/c1-20-16(19)14-4-2-12(3-5-14)11-21-17-15-10-18-8-6-13(15)7-9-18/h2-5,13H,6-11H2,1H3/b17-15-. The van der Waals surface area contributed by atoms with Crippen molar-refractivity contribution in [2.75, 3.05) is 26.7 Å². The molecule has 0 radical (unpaired) electrons. The molecule has 0 N–H and O–H groups in total. The topological polar surface area (TPSA) is 51.1 Å². The fraction of sp³-hybridized carbons (Fsp3) is 0.500. The maximum absolute atomic E-state index is 11.3. The molecule has 3 aliphatic heterocycles. The van der Waals surface area contributed by atoms with Crippen LogP contribution in [-0.2, 0) is 16.2 Å². The van der Waals surface area contributed by atoms with E-state index in [1.807, 2.05) is 12.1 Å². The van der Waals surface area contributed by atoms with Crippen molar-refractivity contribution in [3.05, 3.63) is 35.4 Å². The average Bonchev–Trinajstić information content (AvgIpc) is 2.56. The Labute approximate surface area is 124 Å². The molecule has 0 unspecified atom stereocenters. The number of ether oxygens (including phenoxy) is 1. The molecule has 0 saturated carbocycles. The zero-order valence-corrected chi connectivity index (χ0v) is 12.2. The van der Waals surface area contributed by atoms with Gasteiger partial charge in [-0.1, -0.05) is 17.3 Å². The highest BCUT2D eigenvalue weighted by Crippen LogP contribution is 2.25. The summed E-state index contributed by atoms with van der Waals surface area (Å²) in [6.07, 6.45) is 2.41. The number of nitrogens with zero attached hydrogens (tertiary/aromatic N) is 2. The lowest BCUT2D eigenvalue weighted by Crippen LogP contribution is -2.47. The van der Waals surface area contributed by atoms with Crippen LogP contribution in [0.25, 0.3) is 0 Å². The lowest BCUT2D eigenvalue weighted by atomic mass is 9.87. The Kier molecular flexibility index (Phi) is 4.20. The van der Waals surface area contributed by atoms with Crippen molar-refractivity contribution in [2.45, 2.75) is 19.4 Å². The maximum atomic E-state index is 11.3. The number of hydrogen-bond acceptors (Lipinski definition) is 5. The van der Waals surface area contributed by atoms with Gasteiger partial charge in [0.1, 0.15) is 6.61 Å². The predicted octanol–water partition coefficient (Wildman–Crippen LogP) is 2.07. The lowest BCUT2D eigenvalue weighted by molar-refractivity contribution is 0.0600. The van der Waals surface area contributed by atoms with Gasteiger partial charge in [0.25, 0.3) is 0 Å². The predicted molar refractivity (Wildman–Crippen MR) is 79.2 cm³/mol. The molecule has 3 heterocycles. The Hall–Kier alpha value is -1.88. The van der Waals surface area contributed by atoms with Gasteiger partial charge in [-0.15, -0.1) is 0 Å². The van der Waals surface area contributed by atoms with E-state index in [0.717, 1.165) is 12.1 Å². The van der Waals surface area contributed by atoms with E-state index in [-0.39, 0.29) is 5.97 Å². The summed E-state index contributed by atoms with van der Waals surface area (Å²) in [6.45, 7) is 3.76. The van der Waals surface area contributed by atoms with Crippen LogP contribution in [0.5, 0.6) is 0 Å². The summed E-state index contributed by atoms with van der Waals surface area (Å²) in [7, 11) is 1.38. The fourth-order valence-corrected chi connectivity index (χ4v) is 2.93. The van der Waals surface area contributed by atoms with Gasteiger partial charge in [-0.3, -0.25) is 4.90 Å². The highest BCUT2D eigenvalue weighted by molar-refractivity contribution is 5.89. The Morgan fingerprint density at radius 1 is 1.29 bits per heavy atom. The molecule has 3 aliphatic rings. The Bertz CT molecular complexity index is 531. The van der Waals surface area contributed by atoms with Crippen LogP contribution in [0.15, 0.2) is 29.4 Å². The van der Waals surface area contributed by atoms with Crippen molar-refractivity contribution in [3.8, 4) is 0 Å². The molecule has 0 amide bonds. The van der Waals surface area contributed by atoms with Gasteiger partial charge < -0.3 is 9.57 Å². The van der Waals surface area contributed by atoms with Crippen molar-refractivity contribution >= 4 is 11.7 Å². The summed E-state index contributed by atoms with van der Waals surface area (Å²) in [5.41, 5.74) is 2.72. The van der Waals surface area contributed by atoms with E-state index in [2.05, 4.69) is 14.8 Å². The smallest absolute Gasteiger partial charge is 0.337 e. The number of benzene rings is 1. The second-order valence-electron chi connectivity index (χ2n) is 5.59. The minimum Gasteiger partial charge on any atom is -0.465 e. The normalized spacial score (nSPS) is 25.9. The molecular weight excluding hydrogens is 268 g/mol. The minimum absolute atomic E-state index is 0.324. The molecule has 1 aromatic rings. The molecular formula is C16H20N2O3. The van der Waals surface area contributed by atoms with Crippen molar-refractivity contribution in [3.63, 3.8) is 0 Å².